The third-order valence-electron chi connectivity index (χ3n) is 5.55. The van der Waals surface area contributed by atoms with Crippen molar-refractivity contribution in [1.29, 1.82) is 0 Å². The molecule has 1 atom stereocenters. The van der Waals surface area contributed by atoms with Crippen LogP contribution in [0.15, 0.2) is 40.8 Å². The maximum atomic E-state index is 14.3. The molecule has 7 heteroatoms. The summed E-state index contributed by atoms with van der Waals surface area (Å²) in [6.07, 6.45) is 1.44. The number of hydrogen-bond acceptors (Lipinski definition) is 4. The first kappa shape index (κ1) is 20.2. The number of benzene rings is 1. The van der Waals surface area contributed by atoms with E-state index in [1.54, 1.807) is 40.7 Å². The molecule has 0 bridgehead atoms. The fourth-order valence-electron chi connectivity index (χ4n) is 4.09. The number of esters is 1. The highest BCUT2D eigenvalue weighted by molar-refractivity contribution is 5.98. The first-order chi connectivity index (χ1) is 14.5. The van der Waals surface area contributed by atoms with Crippen LogP contribution >= 0.6 is 0 Å². The number of rotatable bonds is 5. The minimum absolute atomic E-state index is 0.190. The van der Waals surface area contributed by atoms with Crippen LogP contribution in [0.3, 0.4) is 0 Å². The second kappa shape index (κ2) is 8.34. The van der Waals surface area contributed by atoms with Crippen molar-refractivity contribution in [3.63, 3.8) is 0 Å². The molecule has 0 spiro atoms. The van der Waals surface area contributed by atoms with Gasteiger partial charge in [0.1, 0.15) is 17.3 Å². The number of furan rings is 1. The monoisotopic (exact) mass is 412 g/mol. The summed E-state index contributed by atoms with van der Waals surface area (Å²) in [5, 5.41) is 0. The number of carbonyl (C=O) groups excluding carboxylic acids is 2. The largest absolute Gasteiger partial charge is 0.466 e. The molecule has 6 nitrogen and oxygen atoms in total. The number of hydrogen-bond donors (Lipinski definition) is 0. The second-order valence-corrected chi connectivity index (χ2v) is 7.66. The van der Waals surface area contributed by atoms with E-state index in [1.165, 1.54) is 6.07 Å². The van der Waals surface area contributed by atoms with Gasteiger partial charge in [0.15, 0.2) is 5.58 Å². The maximum absolute atomic E-state index is 14.3. The van der Waals surface area contributed by atoms with Crippen molar-refractivity contribution in [2.75, 3.05) is 19.7 Å². The second-order valence-electron chi connectivity index (χ2n) is 7.66. The summed E-state index contributed by atoms with van der Waals surface area (Å²) in [4.78, 5) is 27.2. The SMILES string of the molecule is CCOC(=O)C1CCCN(C(=O)c2cc3oc(C)cc3n2Cc2ccccc2F)C1. The highest BCUT2D eigenvalue weighted by Crippen LogP contribution is 2.28. The van der Waals surface area contributed by atoms with E-state index < -0.39 is 0 Å². The molecule has 1 saturated heterocycles. The van der Waals surface area contributed by atoms with Gasteiger partial charge in [0.25, 0.3) is 5.91 Å². The van der Waals surface area contributed by atoms with Crippen LogP contribution in [0.5, 0.6) is 0 Å². The predicted octanol–water partition coefficient (Wildman–Crippen LogP) is 4.15. The van der Waals surface area contributed by atoms with Gasteiger partial charge in [-0.2, -0.15) is 0 Å². The summed E-state index contributed by atoms with van der Waals surface area (Å²) in [7, 11) is 0. The standard InChI is InChI=1S/C23H25FN2O4/c1-3-29-23(28)17-8-6-10-25(13-17)22(27)20-12-21-19(11-15(2)30-21)26(20)14-16-7-4-5-9-18(16)24/h4-5,7,9,11-12,17H,3,6,8,10,13-14H2,1-2H3. The highest BCUT2D eigenvalue weighted by Gasteiger charge is 2.31. The summed E-state index contributed by atoms with van der Waals surface area (Å²) in [5.41, 5.74) is 2.26. The first-order valence-electron chi connectivity index (χ1n) is 10.3. The zero-order valence-electron chi connectivity index (χ0n) is 17.2. The molecule has 1 aromatic carbocycles. The number of ether oxygens (including phenoxy) is 1. The topological polar surface area (TPSA) is 64.7 Å². The van der Waals surface area contributed by atoms with Crippen molar-refractivity contribution in [2.24, 2.45) is 5.92 Å². The average Bonchev–Trinajstić information content (AvgIpc) is 3.26. The van der Waals surface area contributed by atoms with E-state index in [1.807, 2.05) is 13.0 Å². The fraction of sp³-hybridized carbons (Fsp3) is 0.391. The minimum Gasteiger partial charge on any atom is -0.466 e. The molecule has 4 rings (SSSR count). The van der Waals surface area contributed by atoms with Gasteiger partial charge in [-0.15, -0.1) is 0 Å². The van der Waals surface area contributed by atoms with E-state index in [0.29, 0.717) is 43.0 Å². The lowest BCUT2D eigenvalue weighted by Gasteiger charge is -2.31. The molecule has 1 aliphatic heterocycles. The van der Waals surface area contributed by atoms with E-state index in [9.17, 15) is 14.0 Å². The number of aryl methyl sites for hydroxylation is 1. The van der Waals surface area contributed by atoms with Gasteiger partial charge in [-0.25, -0.2) is 4.39 Å². The van der Waals surface area contributed by atoms with Crippen LogP contribution in [-0.4, -0.2) is 41.0 Å². The summed E-state index contributed by atoms with van der Waals surface area (Å²) in [6.45, 7) is 5.04. The Bertz CT molecular complexity index is 1080. The molecule has 3 heterocycles. The molecule has 2 aromatic heterocycles. The molecule has 158 valence electrons. The fourth-order valence-corrected chi connectivity index (χ4v) is 4.09. The van der Waals surface area contributed by atoms with Crippen molar-refractivity contribution in [1.82, 2.24) is 9.47 Å². The van der Waals surface area contributed by atoms with E-state index in [0.717, 1.165) is 17.7 Å². The molecule has 0 saturated carbocycles. The third-order valence-corrected chi connectivity index (χ3v) is 5.55. The van der Waals surface area contributed by atoms with Gasteiger partial charge in [0, 0.05) is 30.8 Å². The van der Waals surface area contributed by atoms with Crippen molar-refractivity contribution >= 4 is 23.0 Å². The Morgan fingerprint density at radius 3 is 2.83 bits per heavy atom. The Kier molecular flexibility index (Phi) is 5.61. The van der Waals surface area contributed by atoms with Gasteiger partial charge < -0.3 is 18.6 Å². The van der Waals surface area contributed by atoms with Crippen LogP contribution in [0, 0.1) is 18.7 Å². The molecular weight excluding hydrogens is 387 g/mol. The van der Waals surface area contributed by atoms with Gasteiger partial charge in [0.2, 0.25) is 0 Å². The third kappa shape index (κ3) is 3.84. The maximum Gasteiger partial charge on any atom is 0.310 e. The van der Waals surface area contributed by atoms with E-state index in [4.69, 9.17) is 9.15 Å². The number of amides is 1. The van der Waals surface area contributed by atoms with Crippen LogP contribution in [0.2, 0.25) is 0 Å². The molecule has 0 aliphatic carbocycles. The molecule has 0 radical (unpaired) electrons. The van der Waals surface area contributed by atoms with E-state index in [2.05, 4.69) is 0 Å². The van der Waals surface area contributed by atoms with Crippen LogP contribution in [-0.2, 0) is 16.1 Å². The summed E-state index contributed by atoms with van der Waals surface area (Å²) >= 11 is 0. The van der Waals surface area contributed by atoms with Gasteiger partial charge in [0.05, 0.1) is 24.6 Å². The zero-order chi connectivity index (χ0) is 21.3. The molecule has 30 heavy (non-hydrogen) atoms. The quantitative estimate of drug-likeness (QED) is 0.591. The normalized spacial score (nSPS) is 16.8. The van der Waals surface area contributed by atoms with Gasteiger partial charge in [-0.1, -0.05) is 18.2 Å². The van der Waals surface area contributed by atoms with Crippen molar-refractivity contribution in [3.05, 3.63) is 59.2 Å². The predicted molar refractivity (Wildman–Crippen MR) is 110 cm³/mol. The first-order valence-corrected chi connectivity index (χ1v) is 10.3. The number of piperidine rings is 1. The summed E-state index contributed by atoms with van der Waals surface area (Å²) < 4.78 is 27.0. The van der Waals surface area contributed by atoms with Gasteiger partial charge in [-0.05, 0) is 32.8 Å². The molecular formula is C23H25FN2O4. The van der Waals surface area contributed by atoms with E-state index in [-0.39, 0.29) is 30.2 Å². The Morgan fingerprint density at radius 1 is 1.27 bits per heavy atom. The number of halogens is 1. The number of carbonyl (C=O) groups is 2. The Hall–Kier alpha value is -3.09. The molecule has 1 fully saturated rings. The van der Waals surface area contributed by atoms with Crippen LogP contribution < -0.4 is 0 Å². The zero-order valence-corrected chi connectivity index (χ0v) is 17.2. The lowest BCUT2D eigenvalue weighted by molar-refractivity contribution is -0.149. The number of likely N-dealkylation sites (tertiary alicyclic amines) is 1. The Labute approximate surface area is 174 Å². The number of aromatic nitrogens is 1. The average molecular weight is 412 g/mol. The molecule has 0 N–H and O–H groups in total. The lowest BCUT2D eigenvalue weighted by atomic mass is 9.98. The Morgan fingerprint density at radius 2 is 2.07 bits per heavy atom. The lowest BCUT2D eigenvalue weighted by Crippen LogP contribution is -2.43. The summed E-state index contributed by atoms with van der Waals surface area (Å²) in [5.74, 6) is -0.367. The van der Waals surface area contributed by atoms with Crippen molar-refractivity contribution < 1.29 is 23.1 Å². The highest BCUT2D eigenvalue weighted by atomic mass is 19.1. The number of fused-ring (bicyclic) bond motifs is 1. The minimum atomic E-state index is -0.321. The summed E-state index contributed by atoms with van der Waals surface area (Å²) in [6, 6.07) is 10.1. The smallest absolute Gasteiger partial charge is 0.310 e. The van der Waals surface area contributed by atoms with Crippen LogP contribution in [0.1, 0.15) is 41.6 Å². The van der Waals surface area contributed by atoms with Crippen LogP contribution in [0.25, 0.3) is 11.1 Å². The van der Waals surface area contributed by atoms with E-state index >= 15 is 0 Å². The van der Waals surface area contributed by atoms with Crippen molar-refractivity contribution in [2.45, 2.75) is 33.2 Å². The van der Waals surface area contributed by atoms with Crippen LogP contribution in [0.4, 0.5) is 4.39 Å². The molecule has 1 amide bonds. The molecule has 3 aromatic rings. The molecule has 1 aliphatic rings. The Balaban J connectivity index is 1.66. The molecule has 1 unspecified atom stereocenters. The van der Waals surface area contributed by atoms with Gasteiger partial charge >= 0.3 is 5.97 Å². The number of nitrogens with zero attached hydrogens (tertiary/aromatic N) is 2. The van der Waals surface area contributed by atoms with Crippen molar-refractivity contribution in [3.8, 4) is 0 Å². The van der Waals surface area contributed by atoms with Gasteiger partial charge in [-0.3, -0.25) is 9.59 Å².